The summed E-state index contributed by atoms with van der Waals surface area (Å²) < 4.78 is 6.72. The standard InChI is InChI=1S/C19H18N8O2/c1-11(20)7-16(28)13-3-4-17-24-25-18(27(17)26-13)10-22-14-5-6-21-15-8-12(29-2)9-23-19(14)15/h3-9H,10,20H2,1-2H3,(H,21,22). The maximum atomic E-state index is 12.2. The van der Waals surface area contributed by atoms with Crippen molar-refractivity contribution in [2.45, 2.75) is 13.5 Å². The number of ether oxygens (including phenoxy) is 1. The van der Waals surface area contributed by atoms with Gasteiger partial charge in [0.1, 0.15) is 17.0 Å². The van der Waals surface area contributed by atoms with Crippen LogP contribution in [0.2, 0.25) is 0 Å². The molecule has 4 rings (SSSR count). The monoisotopic (exact) mass is 390 g/mol. The van der Waals surface area contributed by atoms with Crippen molar-refractivity contribution in [1.82, 2.24) is 29.8 Å². The van der Waals surface area contributed by atoms with Crippen molar-refractivity contribution in [2.24, 2.45) is 5.73 Å². The van der Waals surface area contributed by atoms with Gasteiger partial charge in [0.2, 0.25) is 5.78 Å². The summed E-state index contributed by atoms with van der Waals surface area (Å²) in [4.78, 5) is 20.9. The fourth-order valence-electron chi connectivity index (χ4n) is 2.80. The van der Waals surface area contributed by atoms with Crippen LogP contribution in [-0.4, -0.2) is 42.7 Å². The normalized spacial score (nSPS) is 11.7. The lowest BCUT2D eigenvalue weighted by atomic mass is 10.2. The van der Waals surface area contributed by atoms with Gasteiger partial charge >= 0.3 is 0 Å². The number of pyridine rings is 2. The van der Waals surface area contributed by atoms with Gasteiger partial charge < -0.3 is 15.8 Å². The average Bonchev–Trinajstić information content (AvgIpc) is 3.13. The SMILES string of the molecule is COc1cnc2c(NCc3nnc4ccc(C(=O)C=C(C)N)nn34)ccnc2c1. The number of aromatic nitrogens is 6. The molecule has 10 heteroatoms. The van der Waals surface area contributed by atoms with Crippen LogP contribution >= 0.6 is 0 Å². The molecule has 0 fully saturated rings. The summed E-state index contributed by atoms with van der Waals surface area (Å²) in [5.74, 6) is 0.896. The number of ketones is 1. The molecule has 4 aromatic rings. The number of allylic oxidation sites excluding steroid dienone is 2. The van der Waals surface area contributed by atoms with Crippen LogP contribution in [0, 0.1) is 0 Å². The minimum absolute atomic E-state index is 0.256. The van der Waals surface area contributed by atoms with Gasteiger partial charge in [-0.2, -0.15) is 9.61 Å². The van der Waals surface area contributed by atoms with Gasteiger partial charge in [0, 0.05) is 24.0 Å². The maximum absolute atomic E-state index is 12.2. The van der Waals surface area contributed by atoms with Crippen LogP contribution in [0.4, 0.5) is 5.69 Å². The highest BCUT2D eigenvalue weighted by molar-refractivity contribution is 6.03. The van der Waals surface area contributed by atoms with Gasteiger partial charge in [-0.1, -0.05) is 0 Å². The van der Waals surface area contributed by atoms with Crippen LogP contribution in [0.3, 0.4) is 0 Å². The third kappa shape index (κ3) is 3.68. The highest BCUT2D eigenvalue weighted by Gasteiger charge is 2.12. The molecule has 0 aliphatic heterocycles. The van der Waals surface area contributed by atoms with Crippen LogP contribution in [-0.2, 0) is 6.54 Å². The summed E-state index contributed by atoms with van der Waals surface area (Å²) in [5.41, 5.74) is 8.97. The summed E-state index contributed by atoms with van der Waals surface area (Å²) in [7, 11) is 1.58. The van der Waals surface area contributed by atoms with E-state index in [1.165, 1.54) is 10.6 Å². The Balaban J connectivity index is 1.62. The van der Waals surface area contributed by atoms with Gasteiger partial charge in [0.25, 0.3) is 0 Å². The van der Waals surface area contributed by atoms with Crippen molar-refractivity contribution >= 4 is 28.2 Å². The molecule has 0 saturated heterocycles. The molecule has 0 spiro atoms. The number of carbonyl (C=O) groups excluding carboxylic acids is 1. The molecule has 4 heterocycles. The second-order valence-electron chi connectivity index (χ2n) is 6.31. The Morgan fingerprint density at radius 2 is 2.14 bits per heavy atom. The molecule has 0 aliphatic rings. The molecule has 0 saturated carbocycles. The van der Waals surface area contributed by atoms with E-state index >= 15 is 0 Å². The maximum Gasteiger partial charge on any atom is 0.207 e. The van der Waals surface area contributed by atoms with E-state index in [9.17, 15) is 4.79 Å². The number of nitrogens with two attached hydrogens (primary N) is 1. The van der Waals surface area contributed by atoms with Gasteiger partial charge in [-0.05, 0) is 25.1 Å². The number of rotatable bonds is 6. The Morgan fingerprint density at radius 1 is 1.28 bits per heavy atom. The number of hydrogen-bond donors (Lipinski definition) is 2. The number of nitrogens with zero attached hydrogens (tertiary/aromatic N) is 6. The molecule has 0 bridgehead atoms. The zero-order valence-electron chi connectivity index (χ0n) is 15.8. The molecule has 0 atom stereocenters. The number of anilines is 1. The first-order valence-corrected chi connectivity index (χ1v) is 8.77. The summed E-state index contributed by atoms with van der Waals surface area (Å²) >= 11 is 0. The van der Waals surface area contributed by atoms with Gasteiger partial charge in [-0.15, -0.1) is 10.2 Å². The molecule has 0 radical (unpaired) electrons. The van der Waals surface area contributed by atoms with Crippen LogP contribution in [0.25, 0.3) is 16.7 Å². The van der Waals surface area contributed by atoms with E-state index in [0.717, 1.165) is 5.69 Å². The van der Waals surface area contributed by atoms with Crippen LogP contribution in [0.5, 0.6) is 5.75 Å². The van der Waals surface area contributed by atoms with E-state index in [4.69, 9.17) is 10.5 Å². The van der Waals surface area contributed by atoms with Crippen LogP contribution in [0.15, 0.2) is 48.4 Å². The first-order valence-electron chi connectivity index (χ1n) is 8.77. The Kier molecular flexibility index (Phi) is 4.73. The summed E-state index contributed by atoms with van der Waals surface area (Å²) in [6, 6.07) is 6.91. The molecular weight excluding hydrogens is 372 g/mol. The summed E-state index contributed by atoms with van der Waals surface area (Å²) in [5, 5.41) is 15.9. The third-order valence-electron chi connectivity index (χ3n) is 4.16. The lowest BCUT2D eigenvalue weighted by Gasteiger charge is -2.08. The van der Waals surface area contributed by atoms with E-state index < -0.39 is 0 Å². The minimum atomic E-state index is -0.280. The largest absolute Gasteiger partial charge is 0.495 e. The highest BCUT2D eigenvalue weighted by Crippen LogP contribution is 2.23. The predicted octanol–water partition coefficient (Wildman–Crippen LogP) is 1.73. The third-order valence-corrected chi connectivity index (χ3v) is 4.16. The van der Waals surface area contributed by atoms with E-state index in [2.05, 4.69) is 30.6 Å². The van der Waals surface area contributed by atoms with Gasteiger partial charge in [-0.25, -0.2) is 4.98 Å². The Morgan fingerprint density at radius 3 is 2.93 bits per heavy atom. The molecule has 0 amide bonds. The fourth-order valence-corrected chi connectivity index (χ4v) is 2.80. The molecule has 146 valence electrons. The smallest absolute Gasteiger partial charge is 0.207 e. The Labute approximate surface area is 165 Å². The van der Waals surface area contributed by atoms with E-state index in [1.54, 1.807) is 38.6 Å². The second kappa shape index (κ2) is 7.50. The van der Waals surface area contributed by atoms with Crippen LogP contribution in [0.1, 0.15) is 23.2 Å². The van der Waals surface area contributed by atoms with Gasteiger partial charge in [0.05, 0.1) is 31.1 Å². The zero-order chi connectivity index (χ0) is 20.4. The quantitative estimate of drug-likeness (QED) is 0.373. The molecule has 4 aromatic heterocycles. The Bertz CT molecular complexity index is 1240. The lowest BCUT2D eigenvalue weighted by Crippen LogP contribution is -2.10. The average molecular weight is 390 g/mol. The van der Waals surface area contributed by atoms with E-state index in [-0.39, 0.29) is 11.5 Å². The predicted molar refractivity (Wildman–Crippen MR) is 106 cm³/mol. The molecule has 0 aliphatic carbocycles. The first-order chi connectivity index (χ1) is 14.0. The molecule has 10 nitrogen and oxygen atoms in total. The number of fused-ring (bicyclic) bond motifs is 2. The number of hydrogen-bond acceptors (Lipinski definition) is 9. The zero-order valence-corrected chi connectivity index (χ0v) is 15.8. The van der Waals surface area contributed by atoms with Crippen molar-refractivity contribution < 1.29 is 9.53 Å². The highest BCUT2D eigenvalue weighted by atomic mass is 16.5. The number of nitrogens with one attached hydrogen (secondary N) is 1. The van der Waals surface area contributed by atoms with Gasteiger partial charge in [0.15, 0.2) is 11.5 Å². The topological polar surface area (TPSA) is 133 Å². The lowest BCUT2D eigenvalue weighted by molar-refractivity contribution is 0.104. The Hall–Kier alpha value is -4.08. The van der Waals surface area contributed by atoms with Gasteiger partial charge in [-0.3, -0.25) is 9.78 Å². The van der Waals surface area contributed by atoms with Crippen molar-refractivity contribution in [1.29, 1.82) is 0 Å². The van der Waals surface area contributed by atoms with Crippen molar-refractivity contribution in [3.8, 4) is 5.75 Å². The molecule has 0 aromatic carbocycles. The summed E-state index contributed by atoms with van der Waals surface area (Å²) in [6.07, 6.45) is 4.65. The molecule has 3 N–H and O–H groups in total. The number of methoxy groups -OCH3 is 1. The minimum Gasteiger partial charge on any atom is -0.495 e. The number of carbonyl (C=O) groups is 1. The van der Waals surface area contributed by atoms with Crippen molar-refractivity contribution in [3.63, 3.8) is 0 Å². The van der Waals surface area contributed by atoms with E-state index in [0.29, 0.717) is 40.5 Å². The molecule has 0 unspecified atom stereocenters. The van der Waals surface area contributed by atoms with E-state index in [1.807, 2.05) is 12.1 Å². The fraction of sp³-hybridized carbons (Fsp3) is 0.158. The first kappa shape index (κ1) is 18.3. The van der Waals surface area contributed by atoms with Crippen LogP contribution < -0.4 is 15.8 Å². The van der Waals surface area contributed by atoms with Crippen molar-refractivity contribution in [2.75, 3.05) is 12.4 Å². The summed E-state index contributed by atoms with van der Waals surface area (Å²) in [6.45, 7) is 1.97. The molecular formula is C19H18N8O2. The van der Waals surface area contributed by atoms with Crippen molar-refractivity contribution in [3.05, 3.63) is 60.0 Å². The second-order valence-corrected chi connectivity index (χ2v) is 6.31. The molecule has 29 heavy (non-hydrogen) atoms.